The van der Waals surface area contributed by atoms with Gasteiger partial charge >= 0.3 is 0 Å². The summed E-state index contributed by atoms with van der Waals surface area (Å²) in [6.07, 6.45) is 0.809. The van der Waals surface area contributed by atoms with Crippen molar-refractivity contribution in [3.05, 3.63) is 75.3 Å². The third-order valence-corrected chi connectivity index (χ3v) is 3.97. The molecule has 2 rings (SSSR count). The van der Waals surface area contributed by atoms with Crippen LogP contribution < -0.4 is 5.32 Å². The van der Waals surface area contributed by atoms with Crippen LogP contribution in [0.2, 0.25) is 0 Å². The summed E-state index contributed by atoms with van der Waals surface area (Å²) in [5.74, 6) is -0.284. The first-order valence-electron chi connectivity index (χ1n) is 8.23. The number of aryl methyl sites for hydroxylation is 1. The molecule has 0 fully saturated rings. The van der Waals surface area contributed by atoms with E-state index < -0.39 is 4.92 Å². The average molecular weight is 341 g/mol. The van der Waals surface area contributed by atoms with Crippen molar-refractivity contribution in [3.63, 3.8) is 0 Å². The molecule has 0 aliphatic carbocycles. The molecule has 0 aliphatic rings. The molecule has 0 aliphatic heterocycles. The summed E-state index contributed by atoms with van der Waals surface area (Å²) >= 11 is 0. The first-order valence-corrected chi connectivity index (χ1v) is 8.23. The van der Waals surface area contributed by atoms with Crippen LogP contribution >= 0.6 is 0 Å². The maximum atomic E-state index is 12.1. The van der Waals surface area contributed by atoms with Crippen molar-refractivity contribution in [2.24, 2.45) is 0 Å². The lowest BCUT2D eigenvalue weighted by atomic mass is 10.1. The second kappa shape index (κ2) is 8.94. The number of nitrogens with one attached hydrogen (secondary N) is 1. The third-order valence-electron chi connectivity index (χ3n) is 3.97. The maximum Gasteiger partial charge on any atom is 0.273 e. The van der Waals surface area contributed by atoms with E-state index in [9.17, 15) is 14.9 Å². The molecule has 0 heterocycles. The number of rotatable bonds is 8. The van der Waals surface area contributed by atoms with E-state index in [1.54, 1.807) is 19.1 Å². The van der Waals surface area contributed by atoms with Crippen molar-refractivity contribution in [2.75, 3.05) is 20.1 Å². The van der Waals surface area contributed by atoms with Gasteiger partial charge in [-0.3, -0.25) is 14.9 Å². The van der Waals surface area contributed by atoms with Crippen molar-refractivity contribution in [1.29, 1.82) is 0 Å². The lowest BCUT2D eigenvalue weighted by molar-refractivity contribution is -0.385. The fourth-order valence-electron chi connectivity index (χ4n) is 2.57. The van der Waals surface area contributed by atoms with Crippen LogP contribution in [0.4, 0.5) is 5.69 Å². The zero-order chi connectivity index (χ0) is 18.2. The van der Waals surface area contributed by atoms with Crippen molar-refractivity contribution in [3.8, 4) is 0 Å². The Morgan fingerprint density at radius 3 is 2.60 bits per heavy atom. The van der Waals surface area contributed by atoms with Crippen LogP contribution in [0.3, 0.4) is 0 Å². The predicted molar refractivity (Wildman–Crippen MR) is 97.6 cm³/mol. The van der Waals surface area contributed by atoms with E-state index in [2.05, 4.69) is 22.3 Å². The quantitative estimate of drug-likeness (QED) is 0.455. The number of carbonyl (C=O) groups is 1. The van der Waals surface area contributed by atoms with Crippen LogP contribution in [0.25, 0.3) is 0 Å². The maximum absolute atomic E-state index is 12.1. The van der Waals surface area contributed by atoms with Gasteiger partial charge in [0.2, 0.25) is 0 Å². The summed E-state index contributed by atoms with van der Waals surface area (Å²) in [5.41, 5.74) is 2.08. The van der Waals surface area contributed by atoms with Crippen LogP contribution in [-0.2, 0) is 6.54 Å². The summed E-state index contributed by atoms with van der Waals surface area (Å²) in [4.78, 5) is 24.8. The average Bonchev–Trinajstić information content (AvgIpc) is 2.59. The molecule has 1 amide bonds. The topological polar surface area (TPSA) is 75.5 Å². The smallest absolute Gasteiger partial charge is 0.273 e. The fraction of sp³-hybridized carbons (Fsp3) is 0.316. The molecular weight excluding hydrogens is 318 g/mol. The molecule has 2 aromatic rings. The first-order chi connectivity index (χ1) is 12.0. The summed E-state index contributed by atoms with van der Waals surface area (Å²) in [6, 6.07) is 14.7. The van der Waals surface area contributed by atoms with Gasteiger partial charge in [0, 0.05) is 30.3 Å². The fourth-order valence-corrected chi connectivity index (χ4v) is 2.57. The zero-order valence-corrected chi connectivity index (χ0v) is 14.6. The number of hydrogen-bond acceptors (Lipinski definition) is 4. The van der Waals surface area contributed by atoms with E-state index in [4.69, 9.17) is 0 Å². The standard InChI is InChI=1S/C19H23N3O3/c1-15-9-10-17(13-18(15)22(24)25)19(23)20-11-6-12-21(2)14-16-7-4-3-5-8-16/h3-5,7-10,13H,6,11-12,14H2,1-2H3,(H,20,23). The second-order valence-corrected chi connectivity index (χ2v) is 6.09. The molecule has 25 heavy (non-hydrogen) atoms. The number of nitro groups is 1. The van der Waals surface area contributed by atoms with Crippen molar-refractivity contribution in [2.45, 2.75) is 19.9 Å². The highest BCUT2D eigenvalue weighted by Gasteiger charge is 2.14. The Labute approximate surface area is 147 Å². The minimum Gasteiger partial charge on any atom is -0.352 e. The zero-order valence-electron chi connectivity index (χ0n) is 14.6. The van der Waals surface area contributed by atoms with Crippen LogP contribution in [0.15, 0.2) is 48.5 Å². The highest BCUT2D eigenvalue weighted by molar-refractivity contribution is 5.94. The highest BCUT2D eigenvalue weighted by Crippen LogP contribution is 2.19. The van der Waals surface area contributed by atoms with Gasteiger partial charge in [0.1, 0.15) is 0 Å². The van der Waals surface area contributed by atoms with E-state index in [1.807, 2.05) is 25.2 Å². The van der Waals surface area contributed by atoms with Crippen molar-refractivity contribution >= 4 is 11.6 Å². The molecule has 0 radical (unpaired) electrons. The molecule has 2 aromatic carbocycles. The summed E-state index contributed by atoms with van der Waals surface area (Å²) in [6.45, 7) is 3.89. The van der Waals surface area contributed by atoms with Crippen LogP contribution in [0.5, 0.6) is 0 Å². The number of hydrogen-bond donors (Lipinski definition) is 1. The van der Waals surface area contributed by atoms with Crippen LogP contribution in [0.1, 0.15) is 27.9 Å². The normalized spacial score (nSPS) is 10.7. The molecule has 0 saturated carbocycles. The molecule has 0 spiro atoms. The number of carbonyl (C=O) groups excluding carboxylic acids is 1. The molecule has 1 N–H and O–H groups in total. The van der Waals surface area contributed by atoms with E-state index in [-0.39, 0.29) is 11.6 Å². The lowest BCUT2D eigenvalue weighted by Gasteiger charge is -2.16. The van der Waals surface area contributed by atoms with E-state index in [0.717, 1.165) is 19.5 Å². The number of amides is 1. The monoisotopic (exact) mass is 341 g/mol. The minimum absolute atomic E-state index is 0.0322. The molecule has 0 unspecified atom stereocenters. The van der Waals surface area contributed by atoms with E-state index in [1.165, 1.54) is 11.6 Å². The van der Waals surface area contributed by atoms with Crippen molar-refractivity contribution in [1.82, 2.24) is 10.2 Å². The Kier molecular flexibility index (Phi) is 6.65. The van der Waals surface area contributed by atoms with Crippen molar-refractivity contribution < 1.29 is 9.72 Å². The van der Waals surface area contributed by atoms with Gasteiger partial charge in [0.05, 0.1) is 4.92 Å². The number of nitrogens with zero attached hydrogens (tertiary/aromatic N) is 2. The Hall–Kier alpha value is -2.73. The molecule has 0 aromatic heterocycles. The molecule has 6 heteroatoms. The largest absolute Gasteiger partial charge is 0.352 e. The predicted octanol–water partition coefficient (Wildman–Crippen LogP) is 3.16. The lowest BCUT2D eigenvalue weighted by Crippen LogP contribution is -2.28. The van der Waals surface area contributed by atoms with Crippen LogP contribution in [-0.4, -0.2) is 35.9 Å². The summed E-state index contributed by atoms with van der Waals surface area (Å²) in [7, 11) is 2.04. The molecule has 0 atom stereocenters. The van der Waals surface area contributed by atoms with Gasteiger partial charge in [-0.25, -0.2) is 0 Å². The van der Waals surface area contributed by atoms with Gasteiger partial charge in [-0.2, -0.15) is 0 Å². The molecule has 132 valence electrons. The Bertz CT molecular complexity index is 732. The SMILES string of the molecule is Cc1ccc(C(=O)NCCCN(C)Cc2ccccc2)cc1[N+](=O)[O-]. The molecular formula is C19H23N3O3. The Balaban J connectivity index is 1.77. The highest BCUT2D eigenvalue weighted by atomic mass is 16.6. The minimum atomic E-state index is -0.468. The third kappa shape index (κ3) is 5.69. The molecule has 6 nitrogen and oxygen atoms in total. The molecule has 0 saturated heterocycles. The van der Waals surface area contributed by atoms with Gasteiger partial charge in [0.15, 0.2) is 0 Å². The number of nitro benzene ring substituents is 1. The van der Waals surface area contributed by atoms with Gasteiger partial charge in [0.25, 0.3) is 11.6 Å². The Morgan fingerprint density at radius 1 is 1.20 bits per heavy atom. The van der Waals surface area contributed by atoms with Gasteiger partial charge in [-0.05, 0) is 38.6 Å². The van der Waals surface area contributed by atoms with Gasteiger partial charge in [-0.15, -0.1) is 0 Å². The van der Waals surface area contributed by atoms with E-state index in [0.29, 0.717) is 17.7 Å². The first kappa shape index (κ1) is 18.6. The number of benzene rings is 2. The Morgan fingerprint density at radius 2 is 1.92 bits per heavy atom. The van der Waals surface area contributed by atoms with E-state index >= 15 is 0 Å². The van der Waals surface area contributed by atoms with Gasteiger partial charge in [-0.1, -0.05) is 36.4 Å². The molecule has 0 bridgehead atoms. The second-order valence-electron chi connectivity index (χ2n) is 6.09. The van der Waals surface area contributed by atoms with Gasteiger partial charge < -0.3 is 10.2 Å². The summed E-state index contributed by atoms with van der Waals surface area (Å²) < 4.78 is 0. The van der Waals surface area contributed by atoms with Crippen LogP contribution in [0, 0.1) is 17.0 Å². The summed E-state index contributed by atoms with van der Waals surface area (Å²) in [5, 5.41) is 13.8.